The van der Waals surface area contributed by atoms with Crippen molar-refractivity contribution in [2.24, 2.45) is 5.92 Å². The number of nitrogens with one attached hydrogen (secondary N) is 2. The summed E-state index contributed by atoms with van der Waals surface area (Å²) in [7, 11) is 0.419. The van der Waals surface area contributed by atoms with Gasteiger partial charge in [0.15, 0.2) is 0 Å². The fourth-order valence-electron chi connectivity index (χ4n) is 3.41. The molecule has 1 aliphatic rings. The van der Waals surface area contributed by atoms with Crippen molar-refractivity contribution in [2.45, 2.75) is 31.7 Å². The van der Waals surface area contributed by atoms with Crippen LogP contribution in [0.5, 0.6) is 0 Å². The first-order chi connectivity index (χ1) is 11.0. The molecule has 0 atom stereocenters. The van der Waals surface area contributed by atoms with Crippen molar-refractivity contribution in [2.75, 3.05) is 24.7 Å². The topological polar surface area (TPSA) is 91.0 Å². The smallest absolute Gasteiger partial charge is 0.211 e. The first kappa shape index (κ1) is 16.2. The Kier molecular flexibility index (Phi) is 4.54. The molecule has 0 saturated heterocycles. The average Bonchev–Trinajstić information content (AvgIpc) is 3.03. The fraction of sp³-hybridized carbons (Fsp3) is 0.600. The molecule has 126 valence electrons. The van der Waals surface area contributed by atoms with Gasteiger partial charge in [-0.15, -0.1) is 0 Å². The quantitative estimate of drug-likeness (QED) is 0.863. The van der Waals surface area contributed by atoms with Crippen molar-refractivity contribution in [3.8, 4) is 0 Å². The number of aromatic amines is 1. The van der Waals surface area contributed by atoms with Gasteiger partial charge in [0.2, 0.25) is 10.0 Å². The van der Waals surface area contributed by atoms with E-state index >= 15 is 0 Å². The summed E-state index contributed by atoms with van der Waals surface area (Å²) in [6.07, 6.45) is 7.27. The highest BCUT2D eigenvalue weighted by molar-refractivity contribution is 7.89. The SMILES string of the molecule is CNS(=O)(=O)CC1CCC(N(C)c2ncnc3[nH]ccc23)CC1. The molecule has 2 aromatic rings. The number of aromatic nitrogens is 3. The molecule has 1 saturated carbocycles. The van der Waals surface area contributed by atoms with Gasteiger partial charge >= 0.3 is 0 Å². The van der Waals surface area contributed by atoms with E-state index in [2.05, 4.69) is 31.6 Å². The summed E-state index contributed by atoms with van der Waals surface area (Å²) in [6, 6.07) is 2.38. The third kappa shape index (κ3) is 3.48. The van der Waals surface area contributed by atoms with E-state index in [4.69, 9.17) is 0 Å². The number of anilines is 1. The van der Waals surface area contributed by atoms with Crippen molar-refractivity contribution in [1.29, 1.82) is 0 Å². The molecule has 0 unspecified atom stereocenters. The predicted octanol–water partition coefficient (Wildman–Crippen LogP) is 1.50. The molecular formula is C15H23N5O2S. The Balaban J connectivity index is 1.67. The third-order valence-electron chi connectivity index (χ3n) is 4.80. The average molecular weight is 337 g/mol. The summed E-state index contributed by atoms with van der Waals surface area (Å²) in [6.45, 7) is 0. The molecule has 0 bridgehead atoms. The van der Waals surface area contributed by atoms with Crippen LogP contribution in [0.2, 0.25) is 0 Å². The second-order valence-electron chi connectivity index (χ2n) is 6.21. The van der Waals surface area contributed by atoms with Gasteiger partial charge in [-0.3, -0.25) is 0 Å². The minimum atomic E-state index is -3.12. The Bertz CT molecular complexity index is 765. The van der Waals surface area contributed by atoms with E-state index in [1.165, 1.54) is 7.05 Å². The lowest BCUT2D eigenvalue weighted by molar-refractivity contribution is 0.340. The summed E-state index contributed by atoms with van der Waals surface area (Å²) in [5, 5.41) is 1.02. The van der Waals surface area contributed by atoms with Crippen molar-refractivity contribution in [3.05, 3.63) is 18.6 Å². The second kappa shape index (κ2) is 6.45. The maximum Gasteiger partial charge on any atom is 0.211 e. The van der Waals surface area contributed by atoms with Gasteiger partial charge in [0.05, 0.1) is 11.1 Å². The van der Waals surface area contributed by atoms with E-state index in [0.29, 0.717) is 6.04 Å². The van der Waals surface area contributed by atoms with Crippen molar-refractivity contribution in [1.82, 2.24) is 19.7 Å². The van der Waals surface area contributed by atoms with Gasteiger partial charge in [0, 0.05) is 19.3 Å². The number of hydrogen-bond acceptors (Lipinski definition) is 5. The minimum absolute atomic E-state index is 0.232. The van der Waals surface area contributed by atoms with E-state index in [1.54, 1.807) is 6.33 Å². The largest absolute Gasteiger partial charge is 0.356 e. The fourth-order valence-corrected chi connectivity index (χ4v) is 4.53. The number of H-pyrrole nitrogens is 1. The number of hydrogen-bond donors (Lipinski definition) is 2. The van der Waals surface area contributed by atoms with Crippen molar-refractivity contribution < 1.29 is 8.42 Å². The predicted molar refractivity (Wildman–Crippen MR) is 90.9 cm³/mol. The summed E-state index contributed by atoms with van der Waals surface area (Å²) >= 11 is 0. The highest BCUT2D eigenvalue weighted by Crippen LogP contribution is 2.31. The van der Waals surface area contributed by atoms with Crippen LogP contribution in [0.1, 0.15) is 25.7 Å². The minimum Gasteiger partial charge on any atom is -0.356 e. The van der Waals surface area contributed by atoms with Gasteiger partial charge in [-0.25, -0.2) is 23.1 Å². The summed E-state index contributed by atoms with van der Waals surface area (Å²) in [4.78, 5) is 14.0. The molecule has 8 heteroatoms. The van der Waals surface area contributed by atoms with Gasteiger partial charge < -0.3 is 9.88 Å². The Morgan fingerprint density at radius 1 is 1.30 bits per heavy atom. The highest BCUT2D eigenvalue weighted by Gasteiger charge is 2.28. The zero-order valence-electron chi connectivity index (χ0n) is 13.5. The van der Waals surface area contributed by atoms with Gasteiger partial charge in [-0.1, -0.05) is 0 Å². The molecule has 23 heavy (non-hydrogen) atoms. The maximum atomic E-state index is 11.7. The van der Waals surface area contributed by atoms with Crippen molar-refractivity contribution in [3.63, 3.8) is 0 Å². The summed E-state index contributed by atoms with van der Waals surface area (Å²) in [5.74, 6) is 1.41. The standard InChI is InChI=1S/C15H23N5O2S/c1-16-23(21,22)9-11-3-5-12(6-4-11)20(2)15-13-7-8-17-14(13)18-10-19-15/h7-8,10-12,16H,3-6,9H2,1-2H3,(H,17,18,19). The number of fused-ring (bicyclic) bond motifs is 1. The summed E-state index contributed by atoms with van der Waals surface area (Å²) < 4.78 is 25.8. The number of nitrogens with zero attached hydrogens (tertiary/aromatic N) is 3. The van der Waals surface area contributed by atoms with Crippen molar-refractivity contribution >= 4 is 26.9 Å². The maximum absolute atomic E-state index is 11.7. The monoisotopic (exact) mass is 337 g/mol. The van der Waals surface area contributed by atoms with Crippen LogP contribution < -0.4 is 9.62 Å². The summed E-state index contributed by atoms with van der Waals surface area (Å²) in [5.41, 5.74) is 0.843. The Labute approximate surface area is 136 Å². The molecule has 0 amide bonds. The van der Waals surface area contributed by atoms with E-state index in [9.17, 15) is 8.42 Å². The van der Waals surface area contributed by atoms with Gasteiger partial charge in [0.25, 0.3) is 0 Å². The molecule has 2 N–H and O–H groups in total. The van der Waals surface area contributed by atoms with Gasteiger partial charge in [-0.05, 0) is 44.7 Å². The van der Waals surface area contributed by atoms with Crippen LogP contribution in [-0.4, -0.2) is 49.3 Å². The molecule has 0 radical (unpaired) electrons. The zero-order chi connectivity index (χ0) is 16.4. The lowest BCUT2D eigenvalue weighted by atomic mass is 9.86. The second-order valence-corrected chi connectivity index (χ2v) is 8.18. The van der Waals surface area contributed by atoms with Crippen LogP contribution in [0.15, 0.2) is 18.6 Å². The zero-order valence-corrected chi connectivity index (χ0v) is 14.3. The molecule has 0 aromatic carbocycles. The van der Waals surface area contributed by atoms with Gasteiger partial charge in [0.1, 0.15) is 17.8 Å². The van der Waals surface area contributed by atoms with Gasteiger partial charge in [-0.2, -0.15) is 0 Å². The Morgan fingerprint density at radius 3 is 2.74 bits per heavy atom. The van der Waals surface area contributed by atoms with Crippen LogP contribution in [0.25, 0.3) is 11.0 Å². The third-order valence-corrected chi connectivity index (χ3v) is 6.33. The Hall–Kier alpha value is -1.67. The normalized spacial score (nSPS) is 22.3. The van der Waals surface area contributed by atoms with Crippen LogP contribution in [0, 0.1) is 5.92 Å². The molecule has 0 spiro atoms. The van der Waals surface area contributed by atoms with E-state index in [0.717, 1.165) is 42.5 Å². The lowest BCUT2D eigenvalue weighted by Gasteiger charge is -2.35. The molecule has 1 fully saturated rings. The first-order valence-corrected chi connectivity index (χ1v) is 9.57. The molecule has 7 nitrogen and oxygen atoms in total. The molecule has 0 aliphatic heterocycles. The van der Waals surface area contributed by atoms with Crippen LogP contribution >= 0.6 is 0 Å². The first-order valence-electron chi connectivity index (χ1n) is 7.92. The molecule has 2 heterocycles. The van der Waals surface area contributed by atoms with Crippen LogP contribution in [-0.2, 0) is 10.0 Å². The van der Waals surface area contributed by atoms with E-state index in [1.807, 2.05) is 12.3 Å². The van der Waals surface area contributed by atoms with Crippen LogP contribution in [0.4, 0.5) is 5.82 Å². The molecule has 3 rings (SSSR count). The van der Waals surface area contributed by atoms with E-state index < -0.39 is 10.0 Å². The van der Waals surface area contributed by atoms with E-state index in [-0.39, 0.29) is 11.7 Å². The Morgan fingerprint density at radius 2 is 2.04 bits per heavy atom. The number of rotatable bonds is 5. The van der Waals surface area contributed by atoms with Crippen LogP contribution in [0.3, 0.4) is 0 Å². The lowest BCUT2D eigenvalue weighted by Crippen LogP contribution is -2.37. The highest BCUT2D eigenvalue weighted by atomic mass is 32.2. The molecule has 2 aromatic heterocycles. The molecular weight excluding hydrogens is 314 g/mol. The molecule has 1 aliphatic carbocycles. The number of sulfonamides is 1.